The minimum absolute atomic E-state index is 0.155. The highest BCUT2D eigenvalue weighted by Gasteiger charge is 2.27. The Morgan fingerprint density at radius 2 is 1.59 bits per heavy atom. The van der Waals surface area contributed by atoms with Gasteiger partial charge in [0.2, 0.25) is 0 Å². The SMILES string of the molecule is CC(C)(C)C[C@H](NC(=O)NC(C)(C)C)C(=O)O. The zero-order valence-electron chi connectivity index (χ0n) is 11.5. The quantitative estimate of drug-likeness (QED) is 0.710. The number of rotatable bonds is 3. The molecule has 0 rings (SSSR count). The molecule has 0 aromatic heterocycles. The molecule has 0 aliphatic carbocycles. The van der Waals surface area contributed by atoms with Crippen molar-refractivity contribution in [1.29, 1.82) is 0 Å². The average Bonchev–Trinajstić information content (AvgIpc) is 1.95. The Kier molecular flexibility index (Phi) is 4.98. The standard InChI is InChI=1S/C12H24N2O3/c1-11(2,3)7-8(9(15)16)13-10(17)14-12(4,5)6/h8H,7H2,1-6H3,(H,15,16)(H2,13,14,17)/t8-/m0/s1. The fourth-order valence-electron chi connectivity index (χ4n) is 1.35. The molecule has 0 aliphatic rings. The Labute approximate surface area is 103 Å². The number of amides is 2. The van der Waals surface area contributed by atoms with Crippen molar-refractivity contribution in [2.75, 3.05) is 0 Å². The van der Waals surface area contributed by atoms with E-state index in [0.717, 1.165) is 0 Å². The van der Waals surface area contributed by atoms with Crippen LogP contribution in [0, 0.1) is 5.41 Å². The van der Waals surface area contributed by atoms with Crippen molar-refractivity contribution in [3.63, 3.8) is 0 Å². The number of urea groups is 1. The Hall–Kier alpha value is -1.26. The lowest BCUT2D eigenvalue weighted by molar-refractivity contribution is -0.140. The first kappa shape index (κ1) is 15.7. The smallest absolute Gasteiger partial charge is 0.326 e. The number of aliphatic carboxylic acids is 1. The Bertz CT molecular complexity index is 287. The summed E-state index contributed by atoms with van der Waals surface area (Å²) in [6.07, 6.45) is 0.389. The van der Waals surface area contributed by atoms with E-state index in [0.29, 0.717) is 6.42 Å². The molecule has 0 fully saturated rings. The molecule has 5 nitrogen and oxygen atoms in total. The molecule has 0 aromatic rings. The maximum absolute atomic E-state index is 11.6. The molecule has 0 aromatic carbocycles. The van der Waals surface area contributed by atoms with Crippen molar-refractivity contribution in [1.82, 2.24) is 10.6 Å². The summed E-state index contributed by atoms with van der Waals surface area (Å²) in [4.78, 5) is 22.6. The van der Waals surface area contributed by atoms with Crippen LogP contribution in [0.25, 0.3) is 0 Å². The molecule has 0 radical (unpaired) electrons. The topological polar surface area (TPSA) is 78.4 Å². The van der Waals surface area contributed by atoms with E-state index < -0.39 is 18.0 Å². The lowest BCUT2D eigenvalue weighted by Crippen LogP contribution is -2.52. The van der Waals surface area contributed by atoms with Gasteiger partial charge in [0.1, 0.15) is 6.04 Å². The molecule has 0 aliphatic heterocycles. The maximum atomic E-state index is 11.6. The molecule has 3 N–H and O–H groups in total. The number of carboxylic acids is 1. The molecular formula is C12H24N2O3. The zero-order valence-corrected chi connectivity index (χ0v) is 11.5. The third kappa shape index (κ3) is 8.54. The zero-order chi connectivity index (χ0) is 13.9. The van der Waals surface area contributed by atoms with Crippen molar-refractivity contribution in [2.24, 2.45) is 5.41 Å². The number of carbonyl (C=O) groups is 2. The molecular weight excluding hydrogens is 220 g/mol. The van der Waals surface area contributed by atoms with Crippen LogP contribution < -0.4 is 10.6 Å². The summed E-state index contributed by atoms with van der Waals surface area (Å²) < 4.78 is 0. The van der Waals surface area contributed by atoms with Gasteiger partial charge in [-0.2, -0.15) is 0 Å². The average molecular weight is 244 g/mol. The molecule has 0 saturated heterocycles. The second kappa shape index (κ2) is 5.38. The molecule has 5 heteroatoms. The molecule has 0 bridgehead atoms. The number of carboxylic acid groups (broad SMARTS) is 1. The summed E-state index contributed by atoms with van der Waals surface area (Å²) in [6, 6.07) is -1.31. The van der Waals surface area contributed by atoms with Crippen LogP contribution in [0.15, 0.2) is 0 Å². The van der Waals surface area contributed by atoms with E-state index in [1.54, 1.807) is 0 Å². The number of carbonyl (C=O) groups excluding carboxylic acids is 1. The van der Waals surface area contributed by atoms with Gasteiger partial charge < -0.3 is 15.7 Å². The van der Waals surface area contributed by atoms with E-state index in [9.17, 15) is 9.59 Å². The number of nitrogens with one attached hydrogen (secondary N) is 2. The minimum Gasteiger partial charge on any atom is -0.480 e. The molecule has 0 unspecified atom stereocenters. The highest BCUT2D eigenvalue weighted by atomic mass is 16.4. The Morgan fingerprint density at radius 3 is 1.88 bits per heavy atom. The first-order chi connectivity index (χ1) is 7.41. The predicted molar refractivity (Wildman–Crippen MR) is 66.9 cm³/mol. The van der Waals surface area contributed by atoms with Crippen molar-refractivity contribution >= 4 is 12.0 Å². The molecule has 2 amide bonds. The van der Waals surface area contributed by atoms with E-state index in [-0.39, 0.29) is 11.0 Å². The largest absolute Gasteiger partial charge is 0.480 e. The van der Waals surface area contributed by atoms with E-state index in [1.165, 1.54) is 0 Å². The molecule has 100 valence electrons. The molecule has 17 heavy (non-hydrogen) atoms. The van der Waals surface area contributed by atoms with Crippen molar-refractivity contribution in [2.45, 2.75) is 59.5 Å². The lowest BCUT2D eigenvalue weighted by atomic mass is 9.88. The first-order valence-corrected chi connectivity index (χ1v) is 5.72. The van der Waals surface area contributed by atoms with Gasteiger partial charge in [0.05, 0.1) is 0 Å². The van der Waals surface area contributed by atoms with E-state index in [2.05, 4.69) is 10.6 Å². The summed E-state index contributed by atoms with van der Waals surface area (Å²) in [5.74, 6) is -1.01. The number of hydrogen-bond acceptors (Lipinski definition) is 2. The lowest BCUT2D eigenvalue weighted by Gasteiger charge is -2.26. The first-order valence-electron chi connectivity index (χ1n) is 5.72. The van der Waals surface area contributed by atoms with E-state index >= 15 is 0 Å². The summed E-state index contributed by atoms with van der Waals surface area (Å²) in [5.41, 5.74) is -0.535. The van der Waals surface area contributed by atoms with Gasteiger partial charge in [-0.15, -0.1) is 0 Å². The summed E-state index contributed by atoms with van der Waals surface area (Å²) in [5, 5.41) is 14.2. The normalized spacial score (nSPS) is 14.0. The van der Waals surface area contributed by atoms with Crippen molar-refractivity contribution in [3.8, 4) is 0 Å². The van der Waals surface area contributed by atoms with Crippen LogP contribution in [-0.4, -0.2) is 28.7 Å². The van der Waals surface area contributed by atoms with Gasteiger partial charge in [-0.25, -0.2) is 9.59 Å². The van der Waals surface area contributed by atoms with Gasteiger partial charge in [-0.1, -0.05) is 20.8 Å². The van der Waals surface area contributed by atoms with E-state index in [4.69, 9.17) is 5.11 Å². The summed E-state index contributed by atoms with van der Waals surface area (Å²) in [7, 11) is 0. The molecule has 0 heterocycles. The van der Waals surface area contributed by atoms with Crippen molar-refractivity contribution in [3.05, 3.63) is 0 Å². The Balaban J connectivity index is 4.47. The fraction of sp³-hybridized carbons (Fsp3) is 0.833. The molecule has 1 atom stereocenters. The van der Waals surface area contributed by atoms with Crippen LogP contribution >= 0.6 is 0 Å². The van der Waals surface area contributed by atoms with Crippen molar-refractivity contribution < 1.29 is 14.7 Å². The molecule has 0 spiro atoms. The monoisotopic (exact) mass is 244 g/mol. The van der Waals surface area contributed by atoms with Gasteiger partial charge in [-0.05, 0) is 32.6 Å². The van der Waals surface area contributed by atoms with Gasteiger partial charge in [0.25, 0.3) is 0 Å². The third-order valence-electron chi connectivity index (χ3n) is 1.91. The highest BCUT2D eigenvalue weighted by Crippen LogP contribution is 2.20. The van der Waals surface area contributed by atoms with Crippen LogP contribution in [0.3, 0.4) is 0 Å². The van der Waals surface area contributed by atoms with Crippen LogP contribution in [-0.2, 0) is 4.79 Å². The second-order valence-electron chi connectivity index (χ2n) is 6.50. The van der Waals surface area contributed by atoms with Gasteiger partial charge in [0, 0.05) is 5.54 Å². The van der Waals surface area contributed by atoms with Gasteiger partial charge in [-0.3, -0.25) is 0 Å². The van der Waals surface area contributed by atoms with Gasteiger partial charge >= 0.3 is 12.0 Å². The van der Waals surface area contributed by atoms with Crippen LogP contribution in [0.1, 0.15) is 48.0 Å². The van der Waals surface area contributed by atoms with Gasteiger partial charge in [0.15, 0.2) is 0 Å². The summed E-state index contributed by atoms with van der Waals surface area (Å²) >= 11 is 0. The second-order valence-corrected chi connectivity index (χ2v) is 6.50. The molecule has 0 saturated carbocycles. The summed E-state index contributed by atoms with van der Waals surface area (Å²) in [6.45, 7) is 11.3. The van der Waals surface area contributed by atoms with Crippen LogP contribution in [0.5, 0.6) is 0 Å². The highest BCUT2D eigenvalue weighted by molar-refractivity contribution is 5.82. The minimum atomic E-state index is -1.01. The Morgan fingerprint density at radius 1 is 1.12 bits per heavy atom. The number of hydrogen-bond donors (Lipinski definition) is 3. The maximum Gasteiger partial charge on any atom is 0.326 e. The predicted octanol–water partition coefficient (Wildman–Crippen LogP) is 1.97. The van der Waals surface area contributed by atoms with E-state index in [1.807, 2.05) is 41.5 Å². The van der Waals surface area contributed by atoms with Crippen LogP contribution in [0.4, 0.5) is 4.79 Å². The van der Waals surface area contributed by atoms with Crippen LogP contribution in [0.2, 0.25) is 0 Å². The fourth-order valence-corrected chi connectivity index (χ4v) is 1.35. The third-order valence-corrected chi connectivity index (χ3v) is 1.91.